The SMILES string of the molecule is NC(=O)COC(=O)c1cc(S(=O)(=O)Nc2ccc(F)cc2)c(Cl)cc1Cl. The van der Waals surface area contributed by atoms with Crippen molar-refractivity contribution in [3.05, 3.63) is 57.8 Å². The van der Waals surface area contributed by atoms with Crippen LogP contribution in [0.15, 0.2) is 41.3 Å². The minimum absolute atomic E-state index is 0.0790. The molecule has 0 aliphatic rings. The largest absolute Gasteiger partial charge is 0.452 e. The minimum atomic E-state index is -4.22. The Morgan fingerprint density at radius 2 is 1.73 bits per heavy atom. The van der Waals surface area contributed by atoms with Crippen molar-refractivity contribution in [1.29, 1.82) is 0 Å². The molecule has 0 aliphatic carbocycles. The van der Waals surface area contributed by atoms with Gasteiger partial charge in [-0.15, -0.1) is 0 Å². The lowest BCUT2D eigenvalue weighted by molar-refractivity contribution is -0.121. The van der Waals surface area contributed by atoms with Crippen LogP contribution in [0.1, 0.15) is 10.4 Å². The summed E-state index contributed by atoms with van der Waals surface area (Å²) < 4.78 is 44.7. The number of hydrogen-bond donors (Lipinski definition) is 2. The maximum Gasteiger partial charge on any atom is 0.340 e. The second kappa shape index (κ2) is 7.90. The number of amides is 1. The zero-order valence-corrected chi connectivity index (χ0v) is 15.2. The lowest BCUT2D eigenvalue weighted by Crippen LogP contribution is -2.21. The zero-order valence-electron chi connectivity index (χ0n) is 12.8. The van der Waals surface area contributed by atoms with Gasteiger partial charge < -0.3 is 10.5 Å². The number of nitrogens with two attached hydrogens (primary N) is 1. The summed E-state index contributed by atoms with van der Waals surface area (Å²) in [5, 5.41) is -0.429. The molecule has 0 spiro atoms. The van der Waals surface area contributed by atoms with E-state index in [1.165, 1.54) is 12.1 Å². The van der Waals surface area contributed by atoms with Crippen LogP contribution < -0.4 is 10.5 Å². The standard InChI is InChI=1S/C15H11Cl2FN2O5S/c16-11-6-12(17)13(5-10(11)15(22)25-7-14(19)21)26(23,24)20-9-3-1-8(18)2-4-9/h1-6,20H,7H2,(H2,19,21). The molecule has 0 aliphatic heterocycles. The van der Waals surface area contributed by atoms with Gasteiger partial charge in [0, 0.05) is 5.69 Å². The van der Waals surface area contributed by atoms with E-state index in [1.54, 1.807) is 0 Å². The minimum Gasteiger partial charge on any atom is -0.452 e. The van der Waals surface area contributed by atoms with Crippen molar-refractivity contribution in [3.8, 4) is 0 Å². The van der Waals surface area contributed by atoms with E-state index in [-0.39, 0.29) is 21.3 Å². The number of benzene rings is 2. The Balaban J connectivity index is 2.38. The number of carbonyl (C=O) groups is 2. The van der Waals surface area contributed by atoms with Gasteiger partial charge in [0.15, 0.2) is 6.61 Å². The van der Waals surface area contributed by atoms with Crippen LogP contribution in [0.2, 0.25) is 10.0 Å². The molecule has 1 amide bonds. The Morgan fingerprint density at radius 3 is 2.31 bits per heavy atom. The maximum atomic E-state index is 12.9. The highest BCUT2D eigenvalue weighted by molar-refractivity contribution is 7.92. The molecule has 0 unspecified atom stereocenters. The number of primary amides is 1. The fourth-order valence-electron chi connectivity index (χ4n) is 1.83. The molecule has 0 atom stereocenters. The molecule has 0 bridgehead atoms. The van der Waals surface area contributed by atoms with Crippen LogP contribution in [0.4, 0.5) is 10.1 Å². The van der Waals surface area contributed by atoms with Crippen molar-refractivity contribution >= 4 is 50.8 Å². The van der Waals surface area contributed by atoms with E-state index in [1.807, 2.05) is 0 Å². The molecule has 0 aromatic heterocycles. The van der Waals surface area contributed by atoms with E-state index < -0.39 is 39.2 Å². The van der Waals surface area contributed by atoms with Gasteiger partial charge in [0.25, 0.3) is 15.9 Å². The molecule has 0 radical (unpaired) electrons. The third-order valence-corrected chi connectivity index (χ3v) is 5.13. The van der Waals surface area contributed by atoms with E-state index in [4.69, 9.17) is 28.9 Å². The number of anilines is 1. The molecule has 0 heterocycles. The fraction of sp³-hybridized carbons (Fsp3) is 0.0667. The van der Waals surface area contributed by atoms with Crippen LogP contribution in [0, 0.1) is 5.82 Å². The molecular formula is C15H11Cl2FN2O5S. The van der Waals surface area contributed by atoms with Gasteiger partial charge in [-0.05, 0) is 36.4 Å². The van der Waals surface area contributed by atoms with Gasteiger partial charge in [0.2, 0.25) is 0 Å². The van der Waals surface area contributed by atoms with Crippen LogP contribution >= 0.6 is 23.2 Å². The topological polar surface area (TPSA) is 116 Å². The van der Waals surface area contributed by atoms with E-state index in [9.17, 15) is 22.4 Å². The number of hydrogen-bond acceptors (Lipinski definition) is 5. The summed E-state index contributed by atoms with van der Waals surface area (Å²) in [4.78, 5) is 22.2. The number of halogens is 3. The Bertz CT molecular complexity index is 965. The third kappa shape index (κ3) is 4.84. The van der Waals surface area contributed by atoms with Crippen LogP contribution in [-0.2, 0) is 19.6 Å². The monoisotopic (exact) mass is 420 g/mol. The van der Waals surface area contributed by atoms with Crippen LogP contribution in [0.25, 0.3) is 0 Å². The van der Waals surface area contributed by atoms with Crippen molar-refractivity contribution in [2.45, 2.75) is 4.90 Å². The number of sulfonamides is 1. The van der Waals surface area contributed by atoms with Gasteiger partial charge in [-0.1, -0.05) is 23.2 Å². The second-order valence-corrected chi connectivity index (χ2v) is 7.38. The number of nitrogens with one attached hydrogen (secondary N) is 1. The lowest BCUT2D eigenvalue weighted by Gasteiger charge is -2.12. The van der Waals surface area contributed by atoms with Gasteiger partial charge in [-0.3, -0.25) is 9.52 Å². The molecule has 2 aromatic rings. The fourth-order valence-corrected chi connectivity index (χ4v) is 3.74. The molecule has 11 heteroatoms. The summed E-state index contributed by atoms with van der Waals surface area (Å²) in [7, 11) is -4.22. The second-order valence-electron chi connectivity index (χ2n) is 4.92. The van der Waals surface area contributed by atoms with Gasteiger partial charge in [0.05, 0.1) is 15.6 Å². The highest BCUT2D eigenvalue weighted by Crippen LogP contribution is 2.30. The Morgan fingerprint density at radius 1 is 1.12 bits per heavy atom. The molecule has 2 aromatic carbocycles. The summed E-state index contributed by atoms with van der Waals surface area (Å²) in [6.45, 7) is -0.701. The van der Waals surface area contributed by atoms with Crippen molar-refractivity contribution < 1.29 is 27.1 Å². The molecule has 2 rings (SSSR count). The van der Waals surface area contributed by atoms with Crippen LogP contribution in [0.3, 0.4) is 0 Å². The molecule has 138 valence electrons. The van der Waals surface area contributed by atoms with Gasteiger partial charge >= 0.3 is 5.97 Å². The summed E-state index contributed by atoms with van der Waals surface area (Å²) in [6, 6.07) is 6.49. The molecule has 0 fully saturated rings. The number of ether oxygens (including phenoxy) is 1. The average molecular weight is 421 g/mol. The lowest BCUT2D eigenvalue weighted by atomic mass is 10.2. The Labute approximate surface area is 157 Å². The molecule has 7 nitrogen and oxygen atoms in total. The van der Waals surface area contributed by atoms with Crippen molar-refractivity contribution in [3.63, 3.8) is 0 Å². The number of rotatable bonds is 6. The predicted molar refractivity (Wildman–Crippen MR) is 93.1 cm³/mol. The highest BCUT2D eigenvalue weighted by Gasteiger charge is 2.23. The van der Waals surface area contributed by atoms with E-state index in [0.717, 1.165) is 24.3 Å². The van der Waals surface area contributed by atoms with E-state index >= 15 is 0 Å². The average Bonchev–Trinajstić information content (AvgIpc) is 2.54. The smallest absolute Gasteiger partial charge is 0.340 e. The van der Waals surface area contributed by atoms with Crippen molar-refractivity contribution in [1.82, 2.24) is 0 Å². The molecule has 0 saturated heterocycles. The zero-order chi connectivity index (χ0) is 19.5. The van der Waals surface area contributed by atoms with Gasteiger partial charge in [-0.25, -0.2) is 17.6 Å². The predicted octanol–water partition coefficient (Wildman–Crippen LogP) is 2.58. The Kier molecular flexibility index (Phi) is 6.06. The molecule has 0 saturated carbocycles. The first-order valence-corrected chi connectivity index (χ1v) is 9.07. The summed E-state index contributed by atoms with van der Waals surface area (Å²) in [5.74, 6) is -2.49. The molecule has 26 heavy (non-hydrogen) atoms. The number of esters is 1. The summed E-state index contributed by atoms with van der Waals surface area (Å²) >= 11 is 11.8. The first-order chi connectivity index (χ1) is 12.1. The first kappa shape index (κ1) is 20.0. The maximum absolute atomic E-state index is 12.9. The third-order valence-electron chi connectivity index (χ3n) is 2.97. The highest BCUT2D eigenvalue weighted by atomic mass is 35.5. The van der Waals surface area contributed by atoms with E-state index in [2.05, 4.69) is 9.46 Å². The van der Waals surface area contributed by atoms with Crippen LogP contribution in [-0.4, -0.2) is 26.9 Å². The van der Waals surface area contributed by atoms with Gasteiger partial charge in [-0.2, -0.15) is 0 Å². The van der Waals surface area contributed by atoms with Crippen molar-refractivity contribution in [2.24, 2.45) is 5.73 Å². The van der Waals surface area contributed by atoms with Gasteiger partial charge in [0.1, 0.15) is 10.7 Å². The van der Waals surface area contributed by atoms with E-state index in [0.29, 0.717) is 0 Å². The summed E-state index contributed by atoms with van der Waals surface area (Å²) in [6.07, 6.45) is 0. The summed E-state index contributed by atoms with van der Waals surface area (Å²) in [5.41, 5.74) is 4.63. The molecular weight excluding hydrogens is 410 g/mol. The first-order valence-electron chi connectivity index (χ1n) is 6.83. The Hall–Kier alpha value is -2.36. The quantitative estimate of drug-likeness (QED) is 0.696. The molecule has 3 N–H and O–H groups in total. The normalized spacial score (nSPS) is 11.0. The van der Waals surface area contributed by atoms with Crippen molar-refractivity contribution in [2.75, 3.05) is 11.3 Å². The van der Waals surface area contributed by atoms with Crippen LogP contribution in [0.5, 0.6) is 0 Å². The number of carbonyl (C=O) groups excluding carboxylic acids is 2.